The summed E-state index contributed by atoms with van der Waals surface area (Å²) in [6, 6.07) is 2.09. The molecule has 2 fully saturated rings. The molecule has 0 aromatic heterocycles. The maximum absolute atomic E-state index is 5.84. The van der Waals surface area contributed by atoms with Crippen LogP contribution in [-0.2, 0) is 4.74 Å². The second-order valence-electron chi connectivity index (χ2n) is 6.20. The Bertz CT molecular complexity index is 231. The van der Waals surface area contributed by atoms with Crippen LogP contribution in [0.2, 0.25) is 0 Å². The van der Waals surface area contributed by atoms with Gasteiger partial charge in [-0.25, -0.2) is 0 Å². The van der Waals surface area contributed by atoms with Gasteiger partial charge in [0.15, 0.2) is 0 Å². The summed E-state index contributed by atoms with van der Waals surface area (Å²) in [5.74, 6) is 0. The van der Waals surface area contributed by atoms with E-state index in [4.69, 9.17) is 4.74 Å². The summed E-state index contributed by atoms with van der Waals surface area (Å²) >= 11 is 0. The van der Waals surface area contributed by atoms with Crippen LogP contribution >= 0.6 is 0 Å². The molecule has 1 saturated heterocycles. The van der Waals surface area contributed by atoms with Crippen molar-refractivity contribution in [2.75, 3.05) is 20.7 Å². The van der Waals surface area contributed by atoms with E-state index in [1.54, 1.807) is 0 Å². The first-order chi connectivity index (χ1) is 8.70. The van der Waals surface area contributed by atoms with Crippen LogP contribution < -0.4 is 5.32 Å². The van der Waals surface area contributed by atoms with Gasteiger partial charge in [-0.05, 0) is 59.0 Å². The van der Waals surface area contributed by atoms with Gasteiger partial charge in [-0.15, -0.1) is 0 Å². The van der Waals surface area contributed by atoms with Crippen molar-refractivity contribution in [1.29, 1.82) is 0 Å². The molecule has 3 nitrogen and oxygen atoms in total. The van der Waals surface area contributed by atoms with E-state index in [2.05, 4.69) is 31.2 Å². The number of nitrogens with one attached hydrogen (secondary N) is 1. The fraction of sp³-hybridized carbons (Fsp3) is 1.00. The number of ether oxygens (including phenoxy) is 1. The zero-order valence-electron chi connectivity index (χ0n) is 12.3. The Morgan fingerprint density at radius 1 is 1.17 bits per heavy atom. The molecule has 2 rings (SSSR count). The zero-order chi connectivity index (χ0) is 13.0. The van der Waals surface area contributed by atoms with Gasteiger partial charge in [-0.1, -0.05) is 6.92 Å². The zero-order valence-corrected chi connectivity index (χ0v) is 12.3. The Labute approximate surface area is 112 Å². The highest BCUT2D eigenvalue weighted by Gasteiger charge is 2.29. The molecule has 0 radical (unpaired) electrons. The molecule has 2 aliphatic rings. The van der Waals surface area contributed by atoms with Gasteiger partial charge in [-0.2, -0.15) is 0 Å². The van der Waals surface area contributed by atoms with Gasteiger partial charge in [0.05, 0.1) is 6.10 Å². The van der Waals surface area contributed by atoms with E-state index in [1.165, 1.54) is 44.9 Å². The molecule has 2 atom stereocenters. The summed E-state index contributed by atoms with van der Waals surface area (Å²) in [5.41, 5.74) is 0. The summed E-state index contributed by atoms with van der Waals surface area (Å²) < 4.78 is 5.84. The van der Waals surface area contributed by atoms with Crippen LogP contribution in [0.15, 0.2) is 0 Å². The van der Waals surface area contributed by atoms with Crippen molar-refractivity contribution in [3.05, 3.63) is 0 Å². The lowest BCUT2D eigenvalue weighted by Gasteiger charge is -2.36. The number of nitrogens with zero attached hydrogens (tertiary/aromatic N) is 1. The van der Waals surface area contributed by atoms with Crippen molar-refractivity contribution in [1.82, 2.24) is 10.2 Å². The van der Waals surface area contributed by atoms with E-state index >= 15 is 0 Å². The molecule has 1 aliphatic heterocycles. The molecule has 1 aliphatic carbocycles. The first-order valence-corrected chi connectivity index (χ1v) is 7.74. The summed E-state index contributed by atoms with van der Waals surface area (Å²) in [4.78, 5) is 2.38. The predicted octanol–water partition coefficient (Wildman–Crippen LogP) is 2.41. The molecular formula is C15H30N2O. The maximum atomic E-state index is 5.84. The van der Waals surface area contributed by atoms with E-state index in [9.17, 15) is 0 Å². The van der Waals surface area contributed by atoms with Gasteiger partial charge < -0.3 is 15.0 Å². The van der Waals surface area contributed by atoms with Crippen LogP contribution in [0.25, 0.3) is 0 Å². The third-order valence-electron chi connectivity index (χ3n) is 4.73. The SMILES string of the molecule is CC[C@H](NC1CCC(N(C)C)CC1)[C@@H]1CCCO1. The molecule has 0 aromatic carbocycles. The maximum Gasteiger partial charge on any atom is 0.0728 e. The lowest BCUT2D eigenvalue weighted by atomic mass is 9.89. The summed E-state index contributed by atoms with van der Waals surface area (Å²) in [5, 5.41) is 3.86. The minimum absolute atomic E-state index is 0.474. The first-order valence-electron chi connectivity index (χ1n) is 7.74. The summed E-state index contributed by atoms with van der Waals surface area (Å²) in [7, 11) is 4.42. The molecule has 3 heteroatoms. The Kier molecular flexibility index (Phi) is 5.46. The number of hydrogen-bond acceptors (Lipinski definition) is 3. The third kappa shape index (κ3) is 3.69. The molecule has 0 aromatic rings. The smallest absolute Gasteiger partial charge is 0.0728 e. The number of rotatable bonds is 5. The quantitative estimate of drug-likeness (QED) is 0.815. The van der Waals surface area contributed by atoms with Crippen LogP contribution in [0.4, 0.5) is 0 Å². The van der Waals surface area contributed by atoms with Crippen LogP contribution in [0.3, 0.4) is 0 Å². The van der Waals surface area contributed by atoms with Gasteiger partial charge in [-0.3, -0.25) is 0 Å². The standard InChI is InChI=1S/C15H30N2O/c1-4-14(15-6-5-11-18-15)16-12-7-9-13(10-8-12)17(2)3/h12-16H,4-11H2,1-3H3/t12?,13?,14-,15-/m0/s1. The van der Waals surface area contributed by atoms with Crippen molar-refractivity contribution in [3.8, 4) is 0 Å². The van der Waals surface area contributed by atoms with E-state index in [0.29, 0.717) is 12.1 Å². The summed E-state index contributed by atoms with van der Waals surface area (Å²) in [6.45, 7) is 3.25. The monoisotopic (exact) mass is 254 g/mol. The molecular weight excluding hydrogens is 224 g/mol. The van der Waals surface area contributed by atoms with E-state index in [-0.39, 0.29) is 0 Å². The van der Waals surface area contributed by atoms with Gasteiger partial charge in [0, 0.05) is 24.7 Å². The molecule has 1 heterocycles. The second-order valence-corrected chi connectivity index (χ2v) is 6.20. The van der Waals surface area contributed by atoms with Crippen LogP contribution in [0.1, 0.15) is 51.9 Å². The average Bonchev–Trinajstić information content (AvgIpc) is 2.90. The van der Waals surface area contributed by atoms with Crippen LogP contribution in [0, 0.1) is 0 Å². The minimum Gasteiger partial charge on any atom is -0.377 e. The molecule has 106 valence electrons. The Morgan fingerprint density at radius 2 is 1.89 bits per heavy atom. The molecule has 0 spiro atoms. The fourth-order valence-corrected chi connectivity index (χ4v) is 3.47. The molecule has 1 saturated carbocycles. The van der Waals surface area contributed by atoms with E-state index in [1.807, 2.05) is 0 Å². The van der Waals surface area contributed by atoms with Gasteiger partial charge >= 0.3 is 0 Å². The van der Waals surface area contributed by atoms with Gasteiger partial charge in [0.1, 0.15) is 0 Å². The Morgan fingerprint density at radius 3 is 2.39 bits per heavy atom. The minimum atomic E-state index is 0.474. The van der Waals surface area contributed by atoms with Crippen molar-refractivity contribution < 1.29 is 4.74 Å². The average molecular weight is 254 g/mol. The van der Waals surface area contributed by atoms with Crippen LogP contribution in [0.5, 0.6) is 0 Å². The van der Waals surface area contributed by atoms with Gasteiger partial charge in [0.2, 0.25) is 0 Å². The summed E-state index contributed by atoms with van der Waals surface area (Å²) in [6.07, 6.45) is 9.49. The van der Waals surface area contributed by atoms with E-state index in [0.717, 1.165) is 18.7 Å². The molecule has 1 N–H and O–H groups in total. The lowest BCUT2D eigenvalue weighted by molar-refractivity contribution is 0.0682. The predicted molar refractivity (Wildman–Crippen MR) is 75.9 cm³/mol. The Balaban J connectivity index is 1.75. The highest BCUT2D eigenvalue weighted by molar-refractivity contribution is 4.86. The third-order valence-corrected chi connectivity index (χ3v) is 4.73. The highest BCUT2D eigenvalue weighted by Crippen LogP contribution is 2.24. The van der Waals surface area contributed by atoms with Crippen molar-refractivity contribution in [2.24, 2.45) is 0 Å². The van der Waals surface area contributed by atoms with Crippen molar-refractivity contribution in [3.63, 3.8) is 0 Å². The first kappa shape index (κ1) is 14.3. The molecule has 0 bridgehead atoms. The number of hydrogen-bond donors (Lipinski definition) is 1. The van der Waals surface area contributed by atoms with E-state index < -0.39 is 0 Å². The molecule has 0 unspecified atom stereocenters. The molecule has 18 heavy (non-hydrogen) atoms. The Hall–Kier alpha value is -0.120. The van der Waals surface area contributed by atoms with Gasteiger partial charge in [0.25, 0.3) is 0 Å². The van der Waals surface area contributed by atoms with Crippen LogP contribution in [-0.4, -0.2) is 49.8 Å². The lowest BCUT2D eigenvalue weighted by Crippen LogP contribution is -2.47. The van der Waals surface area contributed by atoms with Crippen molar-refractivity contribution in [2.45, 2.75) is 76.1 Å². The highest BCUT2D eigenvalue weighted by atomic mass is 16.5. The molecule has 0 amide bonds. The topological polar surface area (TPSA) is 24.5 Å². The normalized spacial score (nSPS) is 35.0. The largest absolute Gasteiger partial charge is 0.377 e. The van der Waals surface area contributed by atoms with Crippen molar-refractivity contribution >= 4 is 0 Å². The second kappa shape index (κ2) is 6.88. The fourth-order valence-electron chi connectivity index (χ4n) is 3.47.